The van der Waals surface area contributed by atoms with Crippen LogP contribution in [0.25, 0.3) is 0 Å². The summed E-state index contributed by atoms with van der Waals surface area (Å²) in [6, 6.07) is 24.8. The van der Waals surface area contributed by atoms with Crippen LogP contribution in [0.1, 0.15) is 50.7 Å². The Morgan fingerprint density at radius 1 is 0.941 bits per heavy atom. The summed E-state index contributed by atoms with van der Waals surface area (Å²) < 4.78 is 13.4. The average molecular weight is 474 g/mol. The Labute approximate surface area is 204 Å². The predicted molar refractivity (Wildman–Crippen MR) is 135 cm³/mol. The van der Waals surface area contributed by atoms with Crippen molar-refractivity contribution in [3.63, 3.8) is 0 Å². The summed E-state index contributed by atoms with van der Waals surface area (Å²) in [5, 5.41) is 5.70. The molecule has 174 valence electrons. The molecule has 4 nitrogen and oxygen atoms in total. The number of rotatable bonds is 9. The minimum absolute atomic E-state index is 0.102. The number of amides is 1. The van der Waals surface area contributed by atoms with E-state index in [9.17, 15) is 9.18 Å². The van der Waals surface area contributed by atoms with E-state index in [4.69, 9.17) is 0 Å². The molecule has 1 N–H and O–H groups in total. The summed E-state index contributed by atoms with van der Waals surface area (Å²) in [5.41, 5.74) is 4.92. The number of halogens is 1. The summed E-state index contributed by atoms with van der Waals surface area (Å²) in [4.78, 5) is 19.6. The lowest BCUT2D eigenvalue weighted by molar-refractivity contribution is 0.0935. The second-order valence-corrected chi connectivity index (χ2v) is 9.43. The molecule has 4 rings (SSSR count). The maximum Gasteiger partial charge on any atom is 0.271 e. The van der Waals surface area contributed by atoms with Crippen LogP contribution in [-0.4, -0.2) is 15.8 Å². The van der Waals surface area contributed by atoms with Gasteiger partial charge in [0, 0.05) is 18.5 Å². The highest BCUT2D eigenvalue weighted by Crippen LogP contribution is 2.19. The molecule has 0 fully saturated rings. The van der Waals surface area contributed by atoms with Crippen LogP contribution >= 0.6 is 11.3 Å². The number of nitrogens with one attached hydrogen (secondary N) is 1. The SMILES string of the molecule is Cc1ccc(CN(Cc2ccc(F)cc2)Cc2nc(C(=O)N[C@@H](C)c3ccccc3)cs2)cc1. The number of carbonyl (C=O) groups excluding carboxylic acids is 1. The molecule has 34 heavy (non-hydrogen) atoms. The third-order valence-corrected chi connectivity index (χ3v) is 6.47. The first-order valence-corrected chi connectivity index (χ1v) is 12.2. The summed E-state index contributed by atoms with van der Waals surface area (Å²) in [5.74, 6) is -0.420. The van der Waals surface area contributed by atoms with Gasteiger partial charge in [0.05, 0.1) is 12.6 Å². The van der Waals surface area contributed by atoms with Gasteiger partial charge < -0.3 is 5.32 Å². The first-order chi connectivity index (χ1) is 16.5. The van der Waals surface area contributed by atoms with Crippen LogP contribution in [0.4, 0.5) is 4.39 Å². The number of nitrogens with zero attached hydrogens (tertiary/aromatic N) is 2. The van der Waals surface area contributed by atoms with Gasteiger partial charge in [0.2, 0.25) is 0 Å². The van der Waals surface area contributed by atoms with E-state index in [1.165, 1.54) is 34.6 Å². The molecule has 0 aliphatic rings. The third-order valence-electron chi connectivity index (χ3n) is 5.64. The summed E-state index contributed by atoms with van der Waals surface area (Å²) in [6.07, 6.45) is 0. The van der Waals surface area contributed by atoms with Gasteiger partial charge in [-0.2, -0.15) is 0 Å². The molecular weight excluding hydrogens is 445 g/mol. The Kier molecular flexibility index (Phi) is 7.83. The Hall–Kier alpha value is -3.35. The molecule has 3 aromatic carbocycles. The van der Waals surface area contributed by atoms with Gasteiger partial charge >= 0.3 is 0 Å². The van der Waals surface area contributed by atoms with Crippen molar-refractivity contribution in [1.29, 1.82) is 0 Å². The molecule has 6 heteroatoms. The number of aromatic nitrogens is 1. The van der Waals surface area contributed by atoms with Crippen LogP contribution in [0.2, 0.25) is 0 Å². The van der Waals surface area contributed by atoms with E-state index in [0.717, 1.165) is 22.7 Å². The predicted octanol–water partition coefficient (Wildman–Crippen LogP) is 6.28. The average Bonchev–Trinajstić information content (AvgIpc) is 3.31. The van der Waals surface area contributed by atoms with Crippen LogP contribution < -0.4 is 5.32 Å². The largest absolute Gasteiger partial charge is 0.344 e. The van der Waals surface area contributed by atoms with E-state index >= 15 is 0 Å². The number of hydrogen-bond acceptors (Lipinski definition) is 4. The topological polar surface area (TPSA) is 45.2 Å². The highest BCUT2D eigenvalue weighted by molar-refractivity contribution is 7.09. The Morgan fingerprint density at radius 3 is 2.21 bits per heavy atom. The molecule has 1 amide bonds. The van der Waals surface area contributed by atoms with Crippen molar-refractivity contribution in [1.82, 2.24) is 15.2 Å². The van der Waals surface area contributed by atoms with Crippen LogP contribution in [0.3, 0.4) is 0 Å². The fourth-order valence-corrected chi connectivity index (χ4v) is 4.56. The standard InChI is InChI=1S/C28H28FN3OS/c1-20-8-10-22(11-9-20)16-32(17-23-12-14-25(29)15-13-23)18-27-31-26(19-34-27)28(33)30-21(2)24-6-4-3-5-7-24/h3-15,19,21H,16-18H2,1-2H3,(H,30,33)/t21-/m0/s1. The maximum absolute atomic E-state index is 13.4. The van der Waals surface area contributed by atoms with E-state index < -0.39 is 0 Å². The molecule has 0 radical (unpaired) electrons. The summed E-state index contributed by atoms with van der Waals surface area (Å²) in [6.45, 7) is 6.01. The smallest absolute Gasteiger partial charge is 0.271 e. The first kappa shape index (κ1) is 23.8. The third kappa shape index (κ3) is 6.59. The monoisotopic (exact) mass is 473 g/mol. The highest BCUT2D eigenvalue weighted by Gasteiger charge is 2.16. The normalized spacial score (nSPS) is 12.0. The molecule has 0 aliphatic carbocycles. The number of benzene rings is 3. The molecule has 0 aliphatic heterocycles. The number of aryl methyl sites for hydroxylation is 1. The maximum atomic E-state index is 13.4. The zero-order valence-corrected chi connectivity index (χ0v) is 20.2. The molecular formula is C28H28FN3OS. The van der Waals surface area contributed by atoms with E-state index in [1.54, 1.807) is 0 Å². The van der Waals surface area contributed by atoms with Crippen LogP contribution in [0.5, 0.6) is 0 Å². The molecule has 0 saturated heterocycles. The molecule has 0 bridgehead atoms. The van der Waals surface area contributed by atoms with Crippen molar-refractivity contribution in [2.75, 3.05) is 0 Å². The second kappa shape index (κ2) is 11.2. The van der Waals surface area contributed by atoms with Crippen molar-refractivity contribution in [2.45, 2.75) is 39.5 Å². The van der Waals surface area contributed by atoms with Crippen molar-refractivity contribution in [3.05, 3.63) is 123 Å². The summed E-state index contributed by atoms with van der Waals surface area (Å²) in [7, 11) is 0. The van der Waals surface area contributed by atoms with Gasteiger partial charge in [0.25, 0.3) is 5.91 Å². The van der Waals surface area contributed by atoms with Gasteiger partial charge in [-0.15, -0.1) is 11.3 Å². The fourth-order valence-electron chi connectivity index (χ4n) is 3.74. The minimum atomic E-state index is -0.242. The van der Waals surface area contributed by atoms with Gasteiger partial charge in [-0.3, -0.25) is 9.69 Å². The molecule has 0 unspecified atom stereocenters. The Balaban J connectivity index is 1.45. The zero-order valence-electron chi connectivity index (χ0n) is 19.4. The number of hydrogen-bond donors (Lipinski definition) is 1. The minimum Gasteiger partial charge on any atom is -0.344 e. The van der Waals surface area contributed by atoms with Crippen LogP contribution in [0, 0.1) is 12.7 Å². The van der Waals surface area contributed by atoms with E-state index in [-0.39, 0.29) is 17.8 Å². The molecule has 0 spiro atoms. The van der Waals surface area contributed by atoms with Crippen molar-refractivity contribution in [3.8, 4) is 0 Å². The fraction of sp³-hybridized carbons (Fsp3) is 0.214. The van der Waals surface area contributed by atoms with Gasteiger partial charge in [-0.25, -0.2) is 9.37 Å². The molecule has 0 saturated carbocycles. The van der Waals surface area contributed by atoms with E-state index in [1.807, 2.05) is 54.8 Å². The van der Waals surface area contributed by atoms with Crippen molar-refractivity contribution < 1.29 is 9.18 Å². The van der Waals surface area contributed by atoms with E-state index in [2.05, 4.69) is 46.4 Å². The zero-order chi connectivity index (χ0) is 23.9. The lowest BCUT2D eigenvalue weighted by Crippen LogP contribution is -2.27. The highest BCUT2D eigenvalue weighted by atomic mass is 32.1. The number of carbonyl (C=O) groups is 1. The molecule has 4 aromatic rings. The van der Waals surface area contributed by atoms with Crippen molar-refractivity contribution >= 4 is 17.2 Å². The van der Waals surface area contributed by atoms with Gasteiger partial charge in [-0.1, -0.05) is 72.3 Å². The van der Waals surface area contributed by atoms with Crippen molar-refractivity contribution in [2.24, 2.45) is 0 Å². The second-order valence-electron chi connectivity index (χ2n) is 8.49. The molecule has 1 heterocycles. The van der Waals surface area contributed by atoms with Gasteiger partial charge in [0.15, 0.2) is 0 Å². The van der Waals surface area contributed by atoms with E-state index in [0.29, 0.717) is 18.8 Å². The molecule has 1 atom stereocenters. The van der Waals surface area contributed by atoms with Gasteiger partial charge in [-0.05, 0) is 42.7 Å². The number of thiazole rings is 1. The Bertz CT molecular complexity index is 1160. The Morgan fingerprint density at radius 2 is 1.56 bits per heavy atom. The molecule has 1 aromatic heterocycles. The summed E-state index contributed by atoms with van der Waals surface area (Å²) >= 11 is 1.48. The lowest BCUT2D eigenvalue weighted by atomic mass is 10.1. The van der Waals surface area contributed by atoms with Gasteiger partial charge in [0.1, 0.15) is 16.5 Å². The van der Waals surface area contributed by atoms with Crippen LogP contribution in [0.15, 0.2) is 84.2 Å². The lowest BCUT2D eigenvalue weighted by Gasteiger charge is -2.21. The van der Waals surface area contributed by atoms with Crippen LogP contribution in [-0.2, 0) is 19.6 Å². The first-order valence-electron chi connectivity index (χ1n) is 11.3. The quantitative estimate of drug-likeness (QED) is 0.311.